The Balaban J connectivity index is 1.67. The van der Waals surface area contributed by atoms with E-state index in [0.29, 0.717) is 10.8 Å². The van der Waals surface area contributed by atoms with Gasteiger partial charge in [-0.25, -0.2) is 0 Å². The SMILES string of the molecule is Oc1c(N=Nc2cccc(OCC(F)(F)C(F)(F)F)n2)c2ccccc2c2ccccc12. The van der Waals surface area contributed by atoms with E-state index in [1.54, 1.807) is 24.3 Å². The van der Waals surface area contributed by atoms with E-state index in [2.05, 4.69) is 19.9 Å². The molecule has 1 heterocycles. The smallest absolute Gasteiger partial charge is 0.456 e. The molecule has 1 aromatic heterocycles. The van der Waals surface area contributed by atoms with E-state index in [4.69, 9.17) is 0 Å². The largest absolute Gasteiger partial charge is 0.505 e. The van der Waals surface area contributed by atoms with Crippen LogP contribution in [-0.4, -0.2) is 28.8 Å². The topological polar surface area (TPSA) is 67.1 Å². The maximum Gasteiger partial charge on any atom is 0.456 e. The molecule has 0 fully saturated rings. The first kappa shape index (κ1) is 21.4. The number of pyridine rings is 1. The van der Waals surface area contributed by atoms with Gasteiger partial charge in [0.15, 0.2) is 18.2 Å². The Bertz CT molecular complexity index is 1320. The number of hydrogen-bond acceptors (Lipinski definition) is 5. The van der Waals surface area contributed by atoms with Crippen molar-refractivity contribution in [3.63, 3.8) is 0 Å². The fourth-order valence-corrected chi connectivity index (χ4v) is 3.09. The second kappa shape index (κ2) is 8.03. The molecule has 0 bridgehead atoms. The summed E-state index contributed by atoms with van der Waals surface area (Å²) in [6.45, 7) is -1.92. The summed E-state index contributed by atoms with van der Waals surface area (Å²) >= 11 is 0. The van der Waals surface area contributed by atoms with Crippen LogP contribution in [0.2, 0.25) is 0 Å². The number of alkyl halides is 5. The van der Waals surface area contributed by atoms with Crippen molar-refractivity contribution in [3.8, 4) is 11.6 Å². The zero-order valence-electron chi connectivity index (χ0n) is 16.1. The highest BCUT2D eigenvalue weighted by atomic mass is 19.4. The van der Waals surface area contributed by atoms with E-state index >= 15 is 0 Å². The van der Waals surface area contributed by atoms with Crippen molar-refractivity contribution in [2.75, 3.05) is 6.61 Å². The van der Waals surface area contributed by atoms with E-state index < -0.39 is 24.6 Å². The quantitative estimate of drug-likeness (QED) is 0.202. The molecule has 164 valence electrons. The maximum atomic E-state index is 13.1. The third kappa shape index (κ3) is 4.03. The van der Waals surface area contributed by atoms with Gasteiger partial charge in [0.05, 0.1) is 0 Å². The van der Waals surface area contributed by atoms with Crippen LogP contribution in [0.4, 0.5) is 33.5 Å². The van der Waals surface area contributed by atoms with Crippen molar-refractivity contribution < 1.29 is 31.8 Å². The Hall–Kier alpha value is -3.82. The molecule has 0 aliphatic carbocycles. The second-order valence-corrected chi connectivity index (χ2v) is 6.81. The fourth-order valence-electron chi connectivity index (χ4n) is 3.09. The molecule has 4 rings (SSSR count). The third-order valence-corrected chi connectivity index (χ3v) is 4.66. The number of rotatable bonds is 5. The van der Waals surface area contributed by atoms with Crippen LogP contribution in [0, 0.1) is 0 Å². The summed E-state index contributed by atoms with van der Waals surface area (Å²) in [5, 5.41) is 21.5. The molecule has 10 heteroatoms. The molecule has 3 aromatic carbocycles. The van der Waals surface area contributed by atoms with Crippen LogP contribution in [0.1, 0.15) is 0 Å². The van der Waals surface area contributed by atoms with E-state index in [-0.39, 0.29) is 17.3 Å². The van der Waals surface area contributed by atoms with Crippen molar-refractivity contribution in [1.82, 2.24) is 4.98 Å². The molecule has 1 N–H and O–H groups in total. The first-order valence-electron chi connectivity index (χ1n) is 9.26. The van der Waals surface area contributed by atoms with Crippen LogP contribution >= 0.6 is 0 Å². The lowest BCUT2D eigenvalue weighted by Gasteiger charge is -2.19. The van der Waals surface area contributed by atoms with Gasteiger partial charge in [-0.15, -0.1) is 10.2 Å². The second-order valence-electron chi connectivity index (χ2n) is 6.81. The zero-order chi connectivity index (χ0) is 22.9. The summed E-state index contributed by atoms with van der Waals surface area (Å²) in [5.74, 6) is -5.71. The zero-order valence-corrected chi connectivity index (χ0v) is 16.1. The van der Waals surface area contributed by atoms with Crippen molar-refractivity contribution in [1.29, 1.82) is 0 Å². The normalized spacial score (nSPS) is 12.7. The van der Waals surface area contributed by atoms with Gasteiger partial charge in [-0.2, -0.15) is 26.9 Å². The molecule has 0 spiro atoms. The molecule has 0 amide bonds. The lowest BCUT2D eigenvalue weighted by atomic mass is 9.99. The molecule has 32 heavy (non-hydrogen) atoms. The number of ether oxygens (including phenoxy) is 1. The predicted octanol–water partition coefficient (Wildman–Crippen LogP) is 7.09. The highest BCUT2D eigenvalue weighted by molar-refractivity contribution is 6.15. The number of hydrogen-bond donors (Lipinski definition) is 1. The number of phenolic OH excluding ortho intramolecular Hbond substituents is 1. The standard InChI is InChI=1S/C22H14F5N3O2/c23-21(24,22(25,26)27)12-32-18-11-5-10-17(28-18)29-30-19-15-8-3-1-6-13(15)14-7-2-4-9-16(14)20(19)31/h1-11,31H,12H2. The van der Waals surface area contributed by atoms with Crippen LogP contribution in [0.5, 0.6) is 11.6 Å². The fraction of sp³-hybridized carbons (Fsp3) is 0.136. The molecule has 0 unspecified atom stereocenters. The van der Waals surface area contributed by atoms with Gasteiger partial charge in [0.25, 0.3) is 0 Å². The molecule has 0 atom stereocenters. The number of azo groups is 1. The summed E-state index contributed by atoms with van der Waals surface area (Å²) in [7, 11) is 0. The predicted molar refractivity (Wildman–Crippen MR) is 108 cm³/mol. The molecular weight excluding hydrogens is 433 g/mol. The number of aromatic hydroxyl groups is 1. The summed E-state index contributed by atoms with van der Waals surface area (Å²) < 4.78 is 67.5. The van der Waals surface area contributed by atoms with Gasteiger partial charge in [-0.05, 0) is 16.8 Å². The minimum Gasteiger partial charge on any atom is -0.505 e. The first-order chi connectivity index (χ1) is 15.2. The van der Waals surface area contributed by atoms with Crippen LogP contribution in [0.3, 0.4) is 0 Å². The Labute approximate surface area is 177 Å². The molecule has 0 saturated heterocycles. The van der Waals surface area contributed by atoms with E-state index in [1.165, 1.54) is 12.1 Å². The Morgan fingerprint density at radius 3 is 2.00 bits per heavy atom. The third-order valence-electron chi connectivity index (χ3n) is 4.66. The Morgan fingerprint density at radius 1 is 0.750 bits per heavy atom. The number of aromatic nitrogens is 1. The van der Waals surface area contributed by atoms with Gasteiger partial charge < -0.3 is 9.84 Å². The number of nitrogens with zero attached hydrogens (tertiary/aromatic N) is 3. The van der Waals surface area contributed by atoms with Crippen LogP contribution in [0.25, 0.3) is 21.5 Å². The van der Waals surface area contributed by atoms with E-state index in [0.717, 1.165) is 16.8 Å². The van der Waals surface area contributed by atoms with Gasteiger partial charge in [-0.3, -0.25) is 0 Å². The van der Waals surface area contributed by atoms with Gasteiger partial charge in [0, 0.05) is 16.8 Å². The average Bonchev–Trinajstić information content (AvgIpc) is 2.77. The van der Waals surface area contributed by atoms with Crippen LogP contribution < -0.4 is 4.74 Å². The first-order valence-corrected chi connectivity index (χ1v) is 9.26. The van der Waals surface area contributed by atoms with Crippen molar-refractivity contribution in [2.24, 2.45) is 10.2 Å². The molecule has 0 radical (unpaired) electrons. The number of benzene rings is 3. The van der Waals surface area contributed by atoms with Crippen molar-refractivity contribution >= 4 is 33.1 Å². The summed E-state index contributed by atoms with van der Waals surface area (Å²) in [6.07, 6.45) is -5.74. The van der Waals surface area contributed by atoms with Gasteiger partial charge >= 0.3 is 12.1 Å². The van der Waals surface area contributed by atoms with E-state index in [1.807, 2.05) is 24.3 Å². The Kier molecular flexibility index (Phi) is 5.37. The highest BCUT2D eigenvalue weighted by Gasteiger charge is 2.58. The summed E-state index contributed by atoms with van der Waals surface area (Å²) in [5.41, 5.74) is 0.163. The lowest BCUT2D eigenvalue weighted by Crippen LogP contribution is -2.41. The number of fused-ring (bicyclic) bond motifs is 3. The van der Waals surface area contributed by atoms with Crippen molar-refractivity contribution in [3.05, 3.63) is 66.7 Å². The molecule has 5 nitrogen and oxygen atoms in total. The molecule has 4 aromatic rings. The molecular formula is C22H14F5N3O2. The van der Waals surface area contributed by atoms with Crippen molar-refractivity contribution in [2.45, 2.75) is 12.1 Å². The minimum absolute atomic E-state index is 0.102. The lowest BCUT2D eigenvalue weighted by molar-refractivity contribution is -0.290. The molecule has 0 aliphatic rings. The van der Waals surface area contributed by atoms with Gasteiger partial charge in [-0.1, -0.05) is 54.6 Å². The number of halogens is 5. The average molecular weight is 447 g/mol. The van der Waals surface area contributed by atoms with Crippen LogP contribution in [-0.2, 0) is 0 Å². The van der Waals surface area contributed by atoms with Gasteiger partial charge in [0.2, 0.25) is 5.88 Å². The van der Waals surface area contributed by atoms with Crippen LogP contribution in [0.15, 0.2) is 77.0 Å². The Morgan fingerprint density at radius 2 is 1.34 bits per heavy atom. The summed E-state index contributed by atoms with van der Waals surface area (Å²) in [6, 6.07) is 18.2. The number of phenols is 1. The van der Waals surface area contributed by atoms with E-state index in [9.17, 15) is 27.1 Å². The minimum atomic E-state index is -5.74. The maximum absolute atomic E-state index is 13.1. The summed E-state index contributed by atoms with van der Waals surface area (Å²) in [4.78, 5) is 3.78. The highest BCUT2D eigenvalue weighted by Crippen LogP contribution is 2.43. The molecule has 0 aliphatic heterocycles. The van der Waals surface area contributed by atoms with Gasteiger partial charge in [0.1, 0.15) is 5.69 Å². The monoisotopic (exact) mass is 447 g/mol. The molecule has 0 saturated carbocycles.